The van der Waals surface area contributed by atoms with Crippen molar-refractivity contribution in [2.24, 2.45) is 11.3 Å². The number of amides is 3. The minimum Gasteiger partial charge on any atom is -0.496 e. The van der Waals surface area contributed by atoms with Crippen LogP contribution in [0.25, 0.3) is 10.9 Å². The predicted octanol–water partition coefficient (Wildman–Crippen LogP) is 3.26. The van der Waals surface area contributed by atoms with Gasteiger partial charge in [-0.1, -0.05) is 12.5 Å². The molecule has 3 atom stereocenters. The Balaban J connectivity index is 1.32. The number of H-pyrrole nitrogens is 1. The number of methoxy groups -OCH3 is 1. The molecule has 1 aromatic heterocycles. The molecule has 1 aromatic carbocycles. The van der Waals surface area contributed by atoms with Crippen LogP contribution in [-0.4, -0.2) is 58.9 Å². The Hall–Kier alpha value is -3.54. The van der Waals surface area contributed by atoms with Gasteiger partial charge in [-0.2, -0.15) is 5.26 Å². The van der Waals surface area contributed by atoms with Crippen molar-refractivity contribution in [3.63, 3.8) is 0 Å². The Morgan fingerprint density at radius 1 is 1.30 bits per heavy atom. The highest BCUT2D eigenvalue weighted by Crippen LogP contribution is 2.50. The molecule has 37 heavy (non-hydrogen) atoms. The molecule has 0 bridgehead atoms. The summed E-state index contributed by atoms with van der Waals surface area (Å²) in [6.07, 6.45) is 5.41. The number of nitrogens with zero attached hydrogens (tertiary/aromatic N) is 2. The van der Waals surface area contributed by atoms with Gasteiger partial charge in [-0.3, -0.25) is 14.4 Å². The lowest BCUT2D eigenvalue weighted by Crippen LogP contribution is -2.53. The second kappa shape index (κ2) is 9.40. The lowest BCUT2D eigenvalue weighted by atomic mass is 9.67. The van der Waals surface area contributed by atoms with Crippen LogP contribution in [-0.2, 0) is 9.59 Å². The zero-order valence-corrected chi connectivity index (χ0v) is 21.7. The van der Waals surface area contributed by atoms with Crippen LogP contribution in [0.2, 0.25) is 0 Å². The van der Waals surface area contributed by atoms with Gasteiger partial charge in [0.2, 0.25) is 11.8 Å². The molecule has 1 spiro atoms. The van der Waals surface area contributed by atoms with Gasteiger partial charge < -0.3 is 25.3 Å². The summed E-state index contributed by atoms with van der Waals surface area (Å²) in [6, 6.07) is 8.08. The van der Waals surface area contributed by atoms with Crippen molar-refractivity contribution in [3.8, 4) is 11.8 Å². The molecule has 5 rings (SSSR count). The predicted molar refractivity (Wildman–Crippen MR) is 138 cm³/mol. The van der Waals surface area contributed by atoms with E-state index in [1.807, 2.05) is 32.0 Å². The summed E-state index contributed by atoms with van der Waals surface area (Å²) in [7, 11) is 1.59. The molecule has 2 saturated heterocycles. The number of hydrogen-bond donors (Lipinski definition) is 3. The normalized spacial score (nSPS) is 24.7. The summed E-state index contributed by atoms with van der Waals surface area (Å²) in [5.74, 6) is -0.283. The Kier molecular flexibility index (Phi) is 6.38. The average molecular weight is 506 g/mol. The minimum atomic E-state index is -0.795. The highest BCUT2D eigenvalue weighted by atomic mass is 16.5. The van der Waals surface area contributed by atoms with Crippen molar-refractivity contribution in [1.29, 1.82) is 5.26 Å². The Bertz CT molecular complexity index is 1270. The highest BCUT2D eigenvalue weighted by Gasteiger charge is 2.52. The van der Waals surface area contributed by atoms with Crippen LogP contribution in [0.4, 0.5) is 0 Å². The minimum absolute atomic E-state index is 0.0433. The Morgan fingerprint density at radius 3 is 2.73 bits per heavy atom. The topological polar surface area (TPSA) is 127 Å². The van der Waals surface area contributed by atoms with Crippen molar-refractivity contribution >= 4 is 28.6 Å². The second-order valence-corrected chi connectivity index (χ2v) is 11.6. The molecule has 1 unspecified atom stereocenters. The van der Waals surface area contributed by atoms with E-state index in [-0.39, 0.29) is 41.0 Å². The molecule has 2 aromatic rings. The van der Waals surface area contributed by atoms with Gasteiger partial charge in [0.15, 0.2) is 0 Å². The third-order valence-electron chi connectivity index (χ3n) is 8.50. The zero-order chi connectivity index (χ0) is 26.4. The molecule has 3 amide bonds. The number of fused-ring (bicyclic) bond motifs is 1. The molecule has 3 aliphatic rings. The summed E-state index contributed by atoms with van der Waals surface area (Å²) < 4.78 is 5.43. The SMILES string of the molecule is COc1cccc2[nH]c(C(=O)N3CC4(CCC4)CC3C(=O)N[C@H](C#N)C[C@@H]3CCC(C)(C)NC3=O)cc12. The summed E-state index contributed by atoms with van der Waals surface area (Å²) in [4.78, 5) is 44.6. The number of benzene rings is 1. The first-order valence-corrected chi connectivity index (χ1v) is 13.1. The number of carbonyl (C=O) groups excluding carboxylic acids is 3. The van der Waals surface area contributed by atoms with E-state index in [2.05, 4.69) is 21.7 Å². The van der Waals surface area contributed by atoms with Gasteiger partial charge in [-0.15, -0.1) is 0 Å². The fourth-order valence-electron chi connectivity index (χ4n) is 6.20. The maximum atomic E-state index is 13.7. The molecule has 196 valence electrons. The second-order valence-electron chi connectivity index (χ2n) is 11.6. The fraction of sp³-hybridized carbons (Fsp3) is 0.571. The quantitative estimate of drug-likeness (QED) is 0.555. The molecular weight excluding hydrogens is 470 g/mol. The number of piperidine rings is 1. The number of likely N-dealkylation sites (tertiary alicyclic amines) is 1. The largest absolute Gasteiger partial charge is 0.496 e. The standard InChI is InChI=1S/C28H35N5O4/c1-27(2)11-8-17(24(34)32-27)12-18(15-29)30-25(35)22-14-28(9-5-10-28)16-33(22)26(36)21-13-19-20(31-21)6-4-7-23(19)37-3/h4,6-7,13,17-18,22,31H,5,8-12,14,16H2,1-3H3,(H,30,35)(H,32,34)/t17-,18-,22?/m0/s1. The van der Waals surface area contributed by atoms with Crippen LogP contribution in [0.5, 0.6) is 5.75 Å². The van der Waals surface area contributed by atoms with Gasteiger partial charge in [0.25, 0.3) is 5.91 Å². The Morgan fingerprint density at radius 2 is 2.08 bits per heavy atom. The molecule has 3 fully saturated rings. The van der Waals surface area contributed by atoms with E-state index in [1.165, 1.54) is 0 Å². The van der Waals surface area contributed by atoms with E-state index in [0.29, 0.717) is 30.8 Å². The summed E-state index contributed by atoms with van der Waals surface area (Å²) in [5.41, 5.74) is 0.901. The number of nitriles is 1. The van der Waals surface area contributed by atoms with Gasteiger partial charge >= 0.3 is 0 Å². The van der Waals surface area contributed by atoms with Crippen molar-refractivity contribution in [1.82, 2.24) is 20.5 Å². The molecule has 3 heterocycles. The average Bonchev–Trinajstić information content (AvgIpc) is 3.47. The van der Waals surface area contributed by atoms with Crippen LogP contribution in [0.3, 0.4) is 0 Å². The maximum Gasteiger partial charge on any atom is 0.271 e. The van der Waals surface area contributed by atoms with Crippen molar-refractivity contribution in [2.45, 2.75) is 76.4 Å². The van der Waals surface area contributed by atoms with Gasteiger partial charge in [0, 0.05) is 28.9 Å². The smallest absolute Gasteiger partial charge is 0.271 e. The number of carbonyl (C=O) groups is 3. The molecule has 9 nitrogen and oxygen atoms in total. The monoisotopic (exact) mass is 505 g/mol. The van der Waals surface area contributed by atoms with E-state index in [0.717, 1.165) is 36.6 Å². The van der Waals surface area contributed by atoms with E-state index >= 15 is 0 Å². The molecule has 3 N–H and O–H groups in total. The summed E-state index contributed by atoms with van der Waals surface area (Å²) in [5, 5.41) is 16.5. The highest BCUT2D eigenvalue weighted by molar-refractivity contribution is 6.02. The number of rotatable bonds is 6. The van der Waals surface area contributed by atoms with Crippen molar-refractivity contribution in [2.75, 3.05) is 13.7 Å². The maximum absolute atomic E-state index is 13.7. The van der Waals surface area contributed by atoms with Gasteiger partial charge in [-0.05, 0) is 76.0 Å². The van der Waals surface area contributed by atoms with E-state index in [4.69, 9.17) is 4.74 Å². The van der Waals surface area contributed by atoms with Gasteiger partial charge in [0.1, 0.15) is 23.5 Å². The van der Waals surface area contributed by atoms with Crippen LogP contribution in [0, 0.1) is 22.7 Å². The fourth-order valence-corrected chi connectivity index (χ4v) is 6.20. The number of aromatic nitrogens is 1. The molecule has 0 radical (unpaired) electrons. The lowest BCUT2D eigenvalue weighted by molar-refractivity contribution is -0.130. The number of aromatic amines is 1. The van der Waals surface area contributed by atoms with Crippen LogP contribution < -0.4 is 15.4 Å². The summed E-state index contributed by atoms with van der Waals surface area (Å²) >= 11 is 0. The van der Waals surface area contributed by atoms with E-state index in [1.54, 1.807) is 18.1 Å². The Labute approximate surface area is 216 Å². The van der Waals surface area contributed by atoms with Crippen LogP contribution in [0.15, 0.2) is 24.3 Å². The van der Waals surface area contributed by atoms with Gasteiger partial charge in [-0.25, -0.2) is 0 Å². The van der Waals surface area contributed by atoms with Gasteiger partial charge in [0.05, 0.1) is 13.2 Å². The molecule has 1 saturated carbocycles. The summed E-state index contributed by atoms with van der Waals surface area (Å²) in [6.45, 7) is 4.49. The van der Waals surface area contributed by atoms with Crippen molar-refractivity contribution < 1.29 is 19.1 Å². The molecule has 9 heteroatoms. The number of ether oxygens (including phenoxy) is 1. The van der Waals surface area contributed by atoms with E-state index < -0.39 is 12.1 Å². The van der Waals surface area contributed by atoms with E-state index in [9.17, 15) is 19.6 Å². The first kappa shape index (κ1) is 25.1. The van der Waals surface area contributed by atoms with Crippen LogP contribution >= 0.6 is 0 Å². The zero-order valence-electron chi connectivity index (χ0n) is 21.7. The lowest BCUT2D eigenvalue weighted by Gasteiger charge is -2.37. The molecule has 2 aliphatic heterocycles. The van der Waals surface area contributed by atoms with Crippen molar-refractivity contribution in [3.05, 3.63) is 30.0 Å². The third kappa shape index (κ3) is 4.77. The molecule has 1 aliphatic carbocycles. The number of hydrogen-bond acceptors (Lipinski definition) is 5. The third-order valence-corrected chi connectivity index (χ3v) is 8.50. The molecular formula is C28H35N5O4. The first-order chi connectivity index (χ1) is 17.6. The number of nitrogens with one attached hydrogen (secondary N) is 3. The first-order valence-electron chi connectivity index (χ1n) is 13.1. The van der Waals surface area contributed by atoms with Crippen LogP contribution in [0.1, 0.15) is 69.3 Å².